The van der Waals surface area contributed by atoms with E-state index in [9.17, 15) is 9.18 Å². The Kier molecular flexibility index (Phi) is 6.91. The molecule has 172 valence electrons. The average molecular weight is 450 g/mol. The second kappa shape index (κ2) is 10.0. The van der Waals surface area contributed by atoms with Crippen LogP contribution in [-0.2, 0) is 6.42 Å². The molecule has 0 aliphatic heterocycles. The van der Waals surface area contributed by atoms with Crippen LogP contribution in [0.4, 0.5) is 4.39 Å². The highest BCUT2D eigenvalue weighted by Gasteiger charge is 2.33. The van der Waals surface area contributed by atoms with Gasteiger partial charge in [-0.3, -0.25) is 9.78 Å². The first-order valence-corrected chi connectivity index (χ1v) is 11.2. The number of allylic oxidation sites excluding steroid dienone is 1. The Morgan fingerprint density at radius 2 is 2.06 bits per heavy atom. The molecule has 33 heavy (non-hydrogen) atoms. The Hall–Kier alpha value is -3.42. The molecular weight excluding hydrogens is 421 g/mol. The lowest BCUT2D eigenvalue weighted by Gasteiger charge is -2.37. The minimum absolute atomic E-state index is 0.200. The summed E-state index contributed by atoms with van der Waals surface area (Å²) in [6.07, 6.45) is 8.32. The zero-order valence-corrected chi connectivity index (χ0v) is 19.0. The monoisotopic (exact) mass is 449 g/mol. The number of halogens is 1. The van der Waals surface area contributed by atoms with E-state index in [-0.39, 0.29) is 29.5 Å². The molecule has 3 atom stereocenters. The zero-order valence-electron chi connectivity index (χ0n) is 19.0. The lowest BCUT2D eigenvalue weighted by atomic mass is 9.70. The molecule has 1 aromatic carbocycles. The summed E-state index contributed by atoms with van der Waals surface area (Å²) in [5.74, 6) is 1.39. The topological polar surface area (TPSA) is 93.8 Å². The zero-order chi connectivity index (χ0) is 23.4. The minimum atomic E-state index is -0.382. The lowest BCUT2D eigenvalue weighted by Crippen LogP contribution is -2.37. The van der Waals surface area contributed by atoms with E-state index in [2.05, 4.69) is 52.3 Å². The summed E-state index contributed by atoms with van der Waals surface area (Å²) in [4.78, 5) is 20.4. The normalized spacial score (nSPS) is 20.5. The predicted octanol–water partition coefficient (Wildman–Crippen LogP) is 4.49. The molecule has 0 bridgehead atoms. The van der Waals surface area contributed by atoms with Crippen LogP contribution >= 0.6 is 0 Å². The standard InChI is InChI=1S/C25H28FN5O2/c1-15(2)20-11-17(12-23-30-31-25(33-23)19-6-4-5-7-21(19)26)16(3)10-18(20)13-29-24(32)22-14-27-8-9-28-22/h4-10,14-15,17-18,20H,11-13H2,1-3H3,(H,29,32)/t17-,18-,20-/m0/s1. The van der Waals surface area contributed by atoms with Crippen molar-refractivity contribution in [1.29, 1.82) is 0 Å². The Labute approximate surface area is 192 Å². The molecule has 3 aromatic rings. The van der Waals surface area contributed by atoms with Gasteiger partial charge in [0.05, 0.1) is 11.8 Å². The summed E-state index contributed by atoms with van der Waals surface area (Å²) < 4.78 is 19.8. The quantitative estimate of drug-likeness (QED) is 0.534. The van der Waals surface area contributed by atoms with Crippen LogP contribution in [0.15, 0.2) is 58.9 Å². The molecule has 0 saturated carbocycles. The number of carbonyl (C=O) groups excluding carboxylic acids is 1. The van der Waals surface area contributed by atoms with Crippen molar-refractivity contribution >= 4 is 5.91 Å². The van der Waals surface area contributed by atoms with E-state index in [4.69, 9.17) is 4.42 Å². The Morgan fingerprint density at radius 3 is 2.79 bits per heavy atom. The second-order valence-electron chi connectivity index (χ2n) is 8.90. The van der Waals surface area contributed by atoms with Crippen LogP contribution < -0.4 is 5.32 Å². The summed E-state index contributed by atoms with van der Waals surface area (Å²) in [6.45, 7) is 7.06. The van der Waals surface area contributed by atoms with Gasteiger partial charge in [-0.25, -0.2) is 9.37 Å². The van der Waals surface area contributed by atoms with Crippen LogP contribution in [-0.4, -0.2) is 32.6 Å². The van der Waals surface area contributed by atoms with Crippen molar-refractivity contribution in [1.82, 2.24) is 25.5 Å². The third-order valence-corrected chi connectivity index (χ3v) is 6.37. The van der Waals surface area contributed by atoms with Gasteiger partial charge in [0.2, 0.25) is 5.89 Å². The Balaban J connectivity index is 1.44. The largest absolute Gasteiger partial charge is 0.421 e. The van der Waals surface area contributed by atoms with Crippen molar-refractivity contribution in [3.8, 4) is 11.5 Å². The first-order valence-electron chi connectivity index (χ1n) is 11.2. The molecule has 1 aliphatic carbocycles. The molecular formula is C25H28FN5O2. The molecule has 1 aliphatic rings. The molecule has 0 radical (unpaired) electrons. The van der Waals surface area contributed by atoms with Gasteiger partial charge in [-0.05, 0) is 49.1 Å². The average Bonchev–Trinajstić information content (AvgIpc) is 3.28. The van der Waals surface area contributed by atoms with Crippen molar-refractivity contribution in [2.75, 3.05) is 6.54 Å². The van der Waals surface area contributed by atoms with Gasteiger partial charge in [-0.2, -0.15) is 0 Å². The SMILES string of the molecule is CC1=C[C@@H](CNC(=O)c2cnccn2)[C@H](C(C)C)C[C@H]1Cc1nnc(-c2ccccc2F)o1. The summed E-state index contributed by atoms with van der Waals surface area (Å²) in [5, 5.41) is 11.2. The smallest absolute Gasteiger partial charge is 0.271 e. The maximum absolute atomic E-state index is 14.1. The van der Waals surface area contributed by atoms with Crippen molar-refractivity contribution in [2.45, 2.75) is 33.6 Å². The van der Waals surface area contributed by atoms with Crippen LogP contribution in [0.25, 0.3) is 11.5 Å². The number of benzene rings is 1. The fourth-order valence-electron chi connectivity index (χ4n) is 4.52. The van der Waals surface area contributed by atoms with Crippen LogP contribution in [0.3, 0.4) is 0 Å². The number of carbonyl (C=O) groups is 1. The molecule has 0 fully saturated rings. The maximum Gasteiger partial charge on any atom is 0.271 e. The second-order valence-corrected chi connectivity index (χ2v) is 8.90. The number of rotatable bonds is 7. The van der Waals surface area contributed by atoms with Gasteiger partial charge in [-0.15, -0.1) is 10.2 Å². The highest BCUT2D eigenvalue weighted by Crippen LogP contribution is 2.39. The molecule has 8 heteroatoms. The van der Waals surface area contributed by atoms with Gasteiger partial charge in [-0.1, -0.05) is 37.6 Å². The van der Waals surface area contributed by atoms with E-state index >= 15 is 0 Å². The molecule has 0 spiro atoms. The third-order valence-electron chi connectivity index (χ3n) is 6.37. The molecule has 1 N–H and O–H groups in total. The highest BCUT2D eigenvalue weighted by molar-refractivity contribution is 5.91. The molecule has 2 aromatic heterocycles. The van der Waals surface area contributed by atoms with Gasteiger partial charge in [0.15, 0.2) is 0 Å². The molecule has 0 saturated heterocycles. The predicted molar refractivity (Wildman–Crippen MR) is 121 cm³/mol. The fraction of sp³-hybridized carbons (Fsp3) is 0.400. The van der Waals surface area contributed by atoms with Crippen LogP contribution in [0.1, 0.15) is 43.6 Å². The van der Waals surface area contributed by atoms with Gasteiger partial charge < -0.3 is 9.73 Å². The Bertz CT molecular complexity index is 1130. The van der Waals surface area contributed by atoms with E-state index in [1.807, 2.05) is 0 Å². The van der Waals surface area contributed by atoms with E-state index < -0.39 is 0 Å². The van der Waals surface area contributed by atoms with E-state index in [1.165, 1.54) is 24.0 Å². The third kappa shape index (κ3) is 5.32. The number of amides is 1. The molecule has 1 amide bonds. The van der Waals surface area contributed by atoms with Crippen LogP contribution in [0.5, 0.6) is 0 Å². The van der Waals surface area contributed by atoms with Gasteiger partial charge >= 0.3 is 0 Å². The van der Waals surface area contributed by atoms with Gasteiger partial charge in [0.25, 0.3) is 11.8 Å². The summed E-state index contributed by atoms with van der Waals surface area (Å²) in [5.41, 5.74) is 1.86. The number of nitrogens with one attached hydrogen (secondary N) is 1. The highest BCUT2D eigenvalue weighted by atomic mass is 19.1. The van der Waals surface area contributed by atoms with E-state index in [0.29, 0.717) is 41.9 Å². The number of aromatic nitrogens is 4. The summed E-state index contributed by atoms with van der Waals surface area (Å²) in [6, 6.07) is 6.38. The van der Waals surface area contributed by atoms with Gasteiger partial charge in [0.1, 0.15) is 11.5 Å². The maximum atomic E-state index is 14.1. The van der Waals surface area contributed by atoms with Gasteiger partial charge in [0, 0.05) is 25.4 Å². The number of nitrogens with zero attached hydrogens (tertiary/aromatic N) is 4. The first kappa shape index (κ1) is 22.8. The van der Waals surface area contributed by atoms with Crippen molar-refractivity contribution in [3.63, 3.8) is 0 Å². The first-order chi connectivity index (χ1) is 15.9. The Morgan fingerprint density at radius 1 is 1.24 bits per heavy atom. The van der Waals surface area contributed by atoms with E-state index in [1.54, 1.807) is 24.4 Å². The van der Waals surface area contributed by atoms with Crippen molar-refractivity contribution in [3.05, 3.63) is 71.9 Å². The fourth-order valence-corrected chi connectivity index (χ4v) is 4.52. The summed E-state index contributed by atoms with van der Waals surface area (Å²) in [7, 11) is 0. The minimum Gasteiger partial charge on any atom is -0.421 e. The number of hydrogen-bond donors (Lipinski definition) is 1. The van der Waals surface area contributed by atoms with Crippen LogP contribution in [0, 0.1) is 29.5 Å². The number of hydrogen-bond acceptors (Lipinski definition) is 6. The molecule has 2 heterocycles. The molecule has 0 unspecified atom stereocenters. The van der Waals surface area contributed by atoms with Crippen LogP contribution in [0.2, 0.25) is 0 Å². The van der Waals surface area contributed by atoms with Crippen molar-refractivity contribution < 1.29 is 13.6 Å². The summed E-state index contributed by atoms with van der Waals surface area (Å²) >= 11 is 0. The van der Waals surface area contributed by atoms with E-state index in [0.717, 1.165) is 6.42 Å². The molecule has 7 nitrogen and oxygen atoms in total. The van der Waals surface area contributed by atoms with Crippen molar-refractivity contribution in [2.24, 2.45) is 23.7 Å². The molecule has 4 rings (SSSR count). The lowest BCUT2D eigenvalue weighted by molar-refractivity contribution is 0.0933.